The summed E-state index contributed by atoms with van der Waals surface area (Å²) in [5, 5.41) is 10.4. The van der Waals surface area contributed by atoms with Gasteiger partial charge in [-0.15, -0.1) is 0 Å². The third-order valence-electron chi connectivity index (χ3n) is 0.652. The highest BCUT2D eigenvalue weighted by Crippen LogP contribution is 1.86. The van der Waals surface area contributed by atoms with Crippen molar-refractivity contribution in [2.75, 3.05) is 7.11 Å². The van der Waals surface area contributed by atoms with Crippen molar-refractivity contribution in [3.8, 4) is 0 Å². The molecule has 0 amide bonds. The van der Waals surface area contributed by atoms with Gasteiger partial charge in [0.1, 0.15) is 0 Å². The van der Waals surface area contributed by atoms with E-state index in [1.165, 1.54) is 14.0 Å². The Morgan fingerprint density at radius 1 is 1.86 bits per heavy atom. The first kappa shape index (κ1) is 6.84. The van der Waals surface area contributed by atoms with E-state index in [-0.39, 0.29) is 0 Å². The number of hydrogen-bond donors (Lipinski definition) is 2. The number of rotatable bonds is 2. The summed E-state index contributed by atoms with van der Waals surface area (Å²) in [7, 11) is 1.28. The van der Waals surface area contributed by atoms with Crippen LogP contribution < -0.4 is 16.4 Å². The molecule has 0 saturated heterocycles. The van der Waals surface area contributed by atoms with Crippen LogP contribution in [0.1, 0.15) is 6.92 Å². The molecular formula is C3H9N2O2-. The molecule has 4 nitrogen and oxygen atoms in total. The van der Waals surface area contributed by atoms with Crippen LogP contribution in [0, 0.1) is 0 Å². The minimum atomic E-state index is -1.64. The number of methoxy groups -OCH3 is 1. The van der Waals surface area contributed by atoms with Gasteiger partial charge in [-0.2, -0.15) is 0 Å². The topological polar surface area (TPSA) is 70.3 Å². The van der Waals surface area contributed by atoms with Crippen LogP contribution >= 0.6 is 0 Å². The second-order valence-corrected chi connectivity index (χ2v) is 1.29. The maximum atomic E-state index is 10.4. The number of nitrogens with two attached hydrogens (primary N) is 1. The molecule has 0 aromatic rings. The van der Waals surface area contributed by atoms with Gasteiger partial charge >= 0.3 is 0 Å². The molecule has 3 N–H and O–H groups in total. The van der Waals surface area contributed by atoms with E-state index in [1.807, 2.05) is 5.43 Å². The van der Waals surface area contributed by atoms with Crippen molar-refractivity contribution >= 4 is 0 Å². The average molecular weight is 105 g/mol. The normalized spacial score (nSPS) is 18.9. The number of nitrogens with one attached hydrogen (secondary N) is 1. The minimum absolute atomic E-state index is 1.28. The molecule has 0 fully saturated rings. The van der Waals surface area contributed by atoms with E-state index in [0.717, 1.165) is 0 Å². The van der Waals surface area contributed by atoms with Crippen molar-refractivity contribution in [2.24, 2.45) is 5.84 Å². The molecule has 0 aliphatic rings. The molecule has 0 aliphatic heterocycles. The van der Waals surface area contributed by atoms with E-state index in [1.54, 1.807) is 0 Å². The molecule has 0 saturated carbocycles. The van der Waals surface area contributed by atoms with E-state index in [2.05, 4.69) is 4.74 Å². The van der Waals surface area contributed by atoms with Crippen LogP contribution in [0.25, 0.3) is 0 Å². The summed E-state index contributed by atoms with van der Waals surface area (Å²) < 4.78 is 4.30. The molecule has 1 atom stereocenters. The van der Waals surface area contributed by atoms with Crippen molar-refractivity contribution in [1.29, 1.82) is 0 Å². The van der Waals surface area contributed by atoms with Crippen molar-refractivity contribution in [1.82, 2.24) is 5.43 Å². The summed E-state index contributed by atoms with van der Waals surface area (Å²) >= 11 is 0. The molecule has 0 aliphatic carbocycles. The van der Waals surface area contributed by atoms with Gasteiger partial charge in [-0.25, -0.2) is 5.43 Å². The lowest BCUT2D eigenvalue weighted by Crippen LogP contribution is -2.58. The fourth-order valence-corrected chi connectivity index (χ4v) is 0.0589. The Balaban J connectivity index is 3.36. The maximum Gasteiger partial charge on any atom is 0.0560 e. The van der Waals surface area contributed by atoms with Crippen LogP contribution in [0.2, 0.25) is 0 Å². The van der Waals surface area contributed by atoms with Crippen LogP contribution in [-0.2, 0) is 4.74 Å². The molecule has 1 unspecified atom stereocenters. The molecule has 0 rings (SSSR count). The second-order valence-electron chi connectivity index (χ2n) is 1.29. The highest BCUT2D eigenvalue weighted by atomic mass is 16.6. The SMILES string of the molecule is COC(C)([O-])NN. The highest BCUT2D eigenvalue weighted by Gasteiger charge is 2.00. The molecule has 0 heterocycles. The van der Waals surface area contributed by atoms with Crippen molar-refractivity contribution < 1.29 is 9.84 Å². The summed E-state index contributed by atoms with van der Waals surface area (Å²) in [5.74, 6) is 3.09. The van der Waals surface area contributed by atoms with E-state index in [9.17, 15) is 5.11 Å². The second kappa shape index (κ2) is 2.23. The predicted molar refractivity (Wildman–Crippen MR) is 22.7 cm³/mol. The Kier molecular flexibility index (Phi) is 2.17. The summed E-state index contributed by atoms with van der Waals surface area (Å²) in [6.45, 7) is 1.28. The Labute approximate surface area is 42.2 Å². The number of hydrazine groups is 1. The molecule has 0 spiro atoms. The van der Waals surface area contributed by atoms with Crippen LogP contribution in [0.4, 0.5) is 0 Å². The first-order valence-corrected chi connectivity index (χ1v) is 1.86. The van der Waals surface area contributed by atoms with Gasteiger partial charge in [0.15, 0.2) is 0 Å². The summed E-state index contributed by atoms with van der Waals surface area (Å²) in [4.78, 5) is 0. The molecular weight excluding hydrogens is 96.0 g/mol. The molecule has 4 heteroatoms. The monoisotopic (exact) mass is 105 g/mol. The quantitative estimate of drug-likeness (QED) is 0.245. The van der Waals surface area contributed by atoms with Gasteiger partial charge in [-0.3, -0.25) is 5.84 Å². The van der Waals surface area contributed by atoms with Crippen molar-refractivity contribution in [3.05, 3.63) is 0 Å². The zero-order valence-electron chi connectivity index (χ0n) is 4.39. The van der Waals surface area contributed by atoms with Crippen molar-refractivity contribution in [3.63, 3.8) is 0 Å². The lowest BCUT2D eigenvalue weighted by molar-refractivity contribution is -0.556. The third kappa shape index (κ3) is 2.52. The van der Waals surface area contributed by atoms with E-state index < -0.39 is 5.91 Å². The smallest absolute Gasteiger partial charge is 0.0560 e. The Bertz CT molecular complexity index is 48.9. The van der Waals surface area contributed by atoms with E-state index in [0.29, 0.717) is 0 Å². The Morgan fingerprint density at radius 3 is 2.29 bits per heavy atom. The van der Waals surface area contributed by atoms with Gasteiger partial charge in [0, 0.05) is 7.11 Å². The molecule has 0 aromatic carbocycles. The lowest BCUT2D eigenvalue weighted by atomic mass is 10.6. The van der Waals surface area contributed by atoms with E-state index in [4.69, 9.17) is 5.84 Å². The number of ether oxygens (including phenoxy) is 1. The van der Waals surface area contributed by atoms with Crippen LogP contribution in [0.3, 0.4) is 0 Å². The molecule has 0 aromatic heterocycles. The zero-order valence-corrected chi connectivity index (χ0v) is 4.39. The van der Waals surface area contributed by atoms with Crippen LogP contribution in [0.15, 0.2) is 0 Å². The van der Waals surface area contributed by atoms with Gasteiger partial charge in [0.25, 0.3) is 0 Å². The third-order valence-corrected chi connectivity index (χ3v) is 0.652. The fraction of sp³-hybridized carbons (Fsp3) is 1.00. The molecule has 44 valence electrons. The first-order valence-electron chi connectivity index (χ1n) is 1.86. The van der Waals surface area contributed by atoms with Gasteiger partial charge in [-0.1, -0.05) is 0 Å². The summed E-state index contributed by atoms with van der Waals surface area (Å²) in [6.07, 6.45) is 0. The molecule has 0 radical (unpaired) electrons. The summed E-state index contributed by atoms with van der Waals surface area (Å²) in [5.41, 5.74) is 1.91. The Morgan fingerprint density at radius 2 is 2.29 bits per heavy atom. The van der Waals surface area contributed by atoms with Gasteiger partial charge < -0.3 is 9.84 Å². The fourth-order valence-electron chi connectivity index (χ4n) is 0.0589. The standard InChI is InChI=1S/C3H9N2O2/c1-3(6,5-4)7-2/h5H,4H2,1-2H3/q-1. The average Bonchev–Trinajstić information content (AvgIpc) is 1.68. The van der Waals surface area contributed by atoms with Gasteiger partial charge in [-0.05, 0) is 6.92 Å². The van der Waals surface area contributed by atoms with E-state index >= 15 is 0 Å². The van der Waals surface area contributed by atoms with Gasteiger partial charge in [0.2, 0.25) is 0 Å². The van der Waals surface area contributed by atoms with Crippen LogP contribution in [-0.4, -0.2) is 13.0 Å². The highest BCUT2D eigenvalue weighted by molar-refractivity contribution is 4.41. The predicted octanol–water partition coefficient (Wildman–Crippen LogP) is -1.87. The number of hydrogen-bond acceptors (Lipinski definition) is 4. The molecule has 7 heavy (non-hydrogen) atoms. The zero-order chi connectivity index (χ0) is 5.91. The van der Waals surface area contributed by atoms with Crippen LogP contribution in [0.5, 0.6) is 0 Å². The largest absolute Gasteiger partial charge is 0.816 e. The maximum absolute atomic E-state index is 10.4. The minimum Gasteiger partial charge on any atom is -0.816 e. The Hall–Kier alpha value is -0.160. The van der Waals surface area contributed by atoms with Gasteiger partial charge in [0.05, 0.1) is 5.91 Å². The first-order chi connectivity index (χ1) is 3.12. The summed E-state index contributed by atoms with van der Waals surface area (Å²) in [6, 6.07) is 0. The van der Waals surface area contributed by atoms with Crippen molar-refractivity contribution in [2.45, 2.75) is 12.8 Å². The lowest BCUT2D eigenvalue weighted by Gasteiger charge is -2.32. The molecule has 0 bridgehead atoms.